The second-order valence-electron chi connectivity index (χ2n) is 5.08. The Bertz CT molecular complexity index is 533. The van der Waals surface area contributed by atoms with Crippen molar-refractivity contribution < 1.29 is 13.2 Å². The van der Waals surface area contributed by atoms with Crippen LogP contribution in [-0.4, -0.2) is 26.1 Å². The van der Waals surface area contributed by atoms with Crippen LogP contribution in [0, 0.1) is 0 Å². The molecule has 0 saturated carbocycles. The first-order valence-corrected chi connectivity index (χ1v) is 8.56. The summed E-state index contributed by atoms with van der Waals surface area (Å²) in [5.74, 6) is -0.158. The Hall–Kier alpha value is -1.36. The first-order chi connectivity index (χ1) is 9.39. The van der Waals surface area contributed by atoms with E-state index in [1.807, 2.05) is 0 Å². The van der Waals surface area contributed by atoms with E-state index in [1.54, 1.807) is 26.0 Å². The van der Waals surface area contributed by atoms with E-state index in [0.29, 0.717) is 12.1 Å². The minimum atomic E-state index is -3.28. The van der Waals surface area contributed by atoms with Crippen molar-refractivity contribution >= 4 is 15.7 Å². The summed E-state index contributed by atoms with van der Waals surface area (Å²) in [5, 5.41) is 2.36. The van der Waals surface area contributed by atoms with E-state index < -0.39 is 15.1 Å². The zero-order valence-electron chi connectivity index (χ0n) is 12.3. The number of sulfone groups is 1. The van der Waals surface area contributed by atoms with Gasteiger partial charge < -0.3 is 5.32 Å². The van der Waals surface area contributed by atoms with Gasteiger partial charge in [0, 0.05) is 12.1 Å². The third kappa shape index (κ3) is 4.34. The highest BCUT2D eigenvalue weighted by atomic mass is 32.2. The van der Waals surface area contributed by atoms with Gasteiger partial charge in [-0.15, -0.1) is 0 Å². The molecule has 5 heteroatoms. The predicted octanol–water partition coefficient (Wildman–Crippen LogP) is 2.79. The number of amides is 1. The minimum Gasteiger partial charge on any atom is -0.352 e. The molecule has 1 amide bonds. The van der Waals surface area contributed by atoms with Crippen LogP contribution >= 0.6 is 0 Å². The van der Waals surface area contributed by atoms with Crippen LogP contribution in [0.2, 0.25) is 0 Å². The average Bonchev–Trinajstić information content (AvgIpc) is 2.43. The molecule has 0 spiro atoms. The van der Waals surface area contributed by atoms with E-state index in [0.717, 1.165) is 19.3 Å². The Morgan fingerprint density at radius 1 is 1.15 bits per heavy atom. The zero-order chi connectivity index (χ0) is 15.2. The van der Waals surface area contributed by atoms with Crippen molar-refractivity contribution in [2.75, 3.05) is 6.54 Å². The maximum atomic E-state index is 12.0. The summed E-state index contributed by atoms with van der Waals surface area (Å²) in [6, 6.07) is 6.11. The Balaban J connectivity index is 2.69. The van der Waals surface area contributed by atoms with Crippen LogP contribution < -0.4 is 5.32 Å². The smallest absolute Gasteiger partial charge is 0.251 e. The van der Waals surface area contributed by atoms with Crippen molar-refractivity contribution in [2.24, 2.45) is 0 Å². The standard InChI is InChI=1S/C15H23NO3S/c1-4-5-6-11-16-15(17)13-7-9-14(10-8-13)20(18,19)12(2)3/h7-10,12H,4-6,11H2,1-3H3,(H,16,17). The number of carbonyl (C=O) groups excluding carboxylic acids is 1. The van der Waals surface area contributed by atoms with Gasteiger partial charge in [-0.05, 0) is 44.5 Å². The molecule has 0 heterocycles. The molecule has 0 atom stereocenters. The average molecular weight is 297 g/mol. The molecule has 1 rings (SSSR count). The molecule has 0 aliphatic carbocycles. The Kier molecular flexibility index (Phi) is 6.20. The molecule has 4 nitrogen and oxygen atoms in total. The summed E-state index contributed by atoms with van der Waals surface area (Å²) >= 11 is 0. The molecule has 1 N–H and O–H groups in total. The number of carbonyl (C=O) groups is 1. The van der Waals surface area contributed by atoms with Gasteiger partial charge in [0.05, 0.1) is 10.1 Å². The highest BCUT2D eigenvalue weighted by Gasteiger charge is 2.19. The molecule has 0 unspecified atom stereocenters. The Morgan fingerprint density at radius 2 is 1.75 bits per heavy atom. The monoisotopic (exact) mass is 297 g/mol. The number of hydrogen-bond donors (Lipinski definition) is 1. The molecule has 0 aliphatic heterocycles. The van der Waals surface area contributed by atoms with E-state index >= 15 is 0 Å². The minimum absolute atomic E-state index is 0.158. The highest BCUT2D eigenvalue weighted by Crippen LogP contribution is 2.16. The lowest BCUT2D eigenvalue weighted by atomic mass is 10.2. The molecule has 1 aromatic carbocycles. The van der Waals surface area contributed by atoms with E-state index in [4.69, 9.17) is 0 Å². The van der Waals surface area contributed by atoms with Gasteiger partial charge in [-0.25, -0.2) is 8.42 Å². The third-order valence-corrected chi connectivity index (χ3v) is 5.30. The second-order valence-corrected chi connectivity index (χ2v) is 7.59. The summed E-state index contributed by atoms with van der Waals surface area (Å²) < 4.78 is 23.9. The fourth-order valence-electron chi connectivity index (χ4n) is 1.75. The summed E-state index contributed by atoms with van der Waals surface area (Å²) in [6.45, 7) is 6.04. The van der Waals surface area contributed by atoms with Gasteiger partial charge in [-0.2, -0.15) is 0 Å². The van der Waals surface area contributed by atoms with Crippen molar-refractivity contribution in [3.05, 3.63) is 29.8 Å². The topological polar surface area (TPSA) is 63.2 Å². The molecule has 0 bridgehead atoms. The first-order valence-electron chi connectivity index (χ1n) is 7.01. The van der Waals surface area contributed by atoms with Crippen LogP contribution in [0.25, 0.3) is 0 Å². The summed E-state index contributed by atoms with van der Waals surface area (Å²) in [5.41, 5.74) is 0.490. The number of nitrogens with one attached hydrogen (secondary N) is 1. The summed E-state index contributed by atoms with van der Waals surface area (Å²) in [4.78, 5) is 12.1. The molecule has 0 aromatic heterocycles. The molecule has 0 fully saturated rings. The van der Waals surface area contributed by atoms with Gasteiger partial charge in [0.15, 0.2) is 9.84 Å². The molecular weight excluding hydrogens is 274 g/mol. The largest absolute Gasteiger partial charge is 0.352 e. The van der Waals surface area contributed by atoms with Crippen LogP contribution in [0.4, 0.5) is 0 Å². The third-order valence-electron chi connectivity index (χ3n) is 3.13. The van der Waals surface area contributed by atoms with Gasteiger partial charge >= 0.3 is 0 Å². The number of unbranched alkanes of at least 4 members (excludes halogenated alkanes) is 2. The van der Waals surface area contributed by atoms with E-state index in [-0.39, 0.29) is 10.8 Å². The molecular formula is C15H23NO3S. The number of hydrogen-bond acceptors (Lipinski definition) is 3. The van der Waals surface area contributed by atoms with Crippen molar-refractivity contribution in [1.29, 1.82) is 0 Å². The summed E-state index contributed by atoms with van der Waals surface area (Å²) in [7, 11) is -3.28. The molecule has 1 aromatic rings. The fraction of sp³-hybridized carbons (Fsp3) is 0.533. The van der Waals surface area contributed by atoms with Crippen molar-refractivity contribution in [3.8, 4) is 0 Å². The van der Waals surface area contributed by atoms with Gasteiger partial charge in [0.25, 0.3) is 5.91 Å². The lowest BCUT2D eigenvalue weighted by Gasteiger charge is -2.09. The van der Waals surface area contributed by atoms with E-state index in [2.05, 4.69) is 12.2 Å². The van der Waals surface area contributed by atoms with Gasteiger partial charge in [0.1, 0.15) is 0 Å². The Morgan fingerprint density at radius 3 is 2.25 bits per heavy atom. The second kappa shape index (κ2) is 7.43. The normalized spacial score (nSPS) is 11.6. The van der Waals surface area contributed by atoms with Crippen LogP contribution in [0.15, 0.2) is 29.2 Å². The lowest BCUT2D eigenvalue weighted by Crippen LogP contribution is -2.24. The van der Waals surface area contributed by atoms with Crippen molar-refractivity contribution in [1.82, 2.24) is 5.32 Å². The fourth-order valence-corrected chi connectivity index (χ4v) is 2.81. The molecule has 0 radical (unpaired) electrons. The maximum absolute atomic E-state index is 12.0. The van der Waals surface area contributed by atoms with E-state index in [9.17, 15) is 13.2 Å². The van der Waals surface area contributed by atoms with Gasteiger partial charge in [0.2, 0.25) is 0 Å². The van der Waals surface area contributed by atoms with Gasteiger partial charge in [-0.3, -0.25) is 4.79 Å². The molecule has 0 aliphatic rings. The number of rotatable bonds is 7. The zero-order valence-corrected chi connectivity index (χ0v) is 13.2. The highest BCUT2D eigenvalue weighted by molar-refractivity contribution is 7.92. The number of benzene rings is 1. The molecule has 20 heavy (non-hydrogen) atoms. The molecule has 112 valence electrons. The lowest BCUT2D eigenvalue weighted by molar-refractivity contribution is 0.0953. The van der Waals surface area contributed by atoms with Crippen molar-refractivity contribution in [2.45, 2.75) is 50.2 Å². The summed E-state index contributed by atoms with van der Waals surface area (Å²) in [6.07, 6.45) is 3.16. The van der Waals surface area contributed by atoms with Crippen molar-refractivity contribution in [3.63, 3.8) is 0 Å². The van der Waals surface area contributed by atoms with Crippen LogP contribution in [0.5, 0.6) is 0 Å². The Labute approximate surface area is 121 Å². The van der Waals surface area contributed by atoms with E-state index in [1.165, 1.54) is 12.1 Å². The predicted molar refractivity (Wildman–Crippen MR) is 80.6 cm³/mol. The van der Waals surface area contributed by atoms with Crippen LogP contribution in [-0.2, 0) is 9.84 Å². The maximum Gasteiger partial charge on any atom is 0.251 e. The first kappa shape index (κ1) is 16.7. The van der Waals surface area contributed by atoms with Gasteiger partial charge in [-0.1, -0.05) is 19.8 Å². The molecule has 0 saturated heterocycles. The quantitative estimate of drug-likeness (QED) is 0.787. The SMILES string of the molecule is CCCCCNC(=O)c1ccc(S(=O)(=O)C(C)C)cc1. The van der Waals surface area contributed by atoms with Crippen LogP contribution in [0.3, 0.4) is 0 Å². The van der Waals surface area contributed by atoms with Crippen LogP contribution in [0.1, 0.15) is 50.4 Å².